The van der Waals surface area contributed by atoms with Crippen LogP contribution in [-0.4, -0.2) is 32.3 Å². The summed E-state index contributed by atoms with van der Waals surface area (Å²) in [6.45, 7) is 2.52. The third kappa shape index (κ3) is 8.55. The molecule has 0 unspecified atom stereocenters. The van der Waals surface area contributed by atoms with Crippen molar-refractivity contribution >= 4 is 29.9 Å². The topological polar surface area (TPSA) is 45.7 Å². The van der Waals surface area contributed by atoms with Crippen LogP contribution < -0.4 is 10.6 Å². The lowest BCUT2D eigenvalue weighted by atomic mass is 9.98. The van der Waals surface area contributed by atoms with Crippen LogP contribution in [0.15, 0.2) is 35.3 Å². The van der Waals surface area contributed by atoms with Crippen molar-refractivity contribution in [1.29, 1.82) is 0 Å². The third-order valence-electron chi connectivity index (χ3n) is 4.05. The van der Waals surface area contributed by atoms with Crippen LogP contribution >= 0.6 is 24.0 Å². The van der Waals surface area contributed by atoms with E-state index >= 15 is 0 Å². The van der Waals surface area contributed by atoms with E-state index in [0.29, 0.717) is 6.10 Å². The summed E-state index contributed by atoms with van der Waals surface area (Å²) in [5.41, 5.74) is 1.26. The zero-order chi connectivity index (χ0) is 15.5. The van der Waals surface area contributed by atoms with E-state index in [9.17, 15) is 0 Å². The van der Waals surface area contributed by atoms with Crippen molar-refractivity contribution in [2.45, 2.75) is 51.2 Å². The predicted octanol–water partition coefficient (Wildman–Crippen LogP) is 3.71. The van der Waals surface area contributed by atoms with Crippen LogP contribution in [0, 0.1) is 0 Å². The Morgan fingerprint density at radius 1 is 1.13 bits per heavy atom. The van der Waals surface area contributed by atoms with E-state index in [1.807, 2.05) is 6.07 Å². The van der Waals surface area contributed by atoms with Crippen LogP contribution in [0.25, 0.3) is 0 Å². The van der Waals surface area contributed by atoms with Crippen molar-refractivity contribution < 1.29 is 4.74 Å². The number of nitrogens with zero attached hydrogens (tertiary/aromatic N) is 1. The fourth-order valence-electron chi connectivity index (χ4n) is 2.76. The van der Waals surface area contributed by atoms with Gasteiger partial charge in [0.25, 0.3) is 0 Å². The smallest absolute Gasteiger partial charge is 0.191 e. The molecule has 23 heavy (non-hydrogen) atoms. The summed E-state index contributed by atoms with van der Waals surface area (Å²) in [7, 11) is 1.80. The largest absolute Gasteiger partial charge is 0.378 e. The molecule has 0 bridgehead atoms. The van der Waals surface area contributed by atoms with Crippen molar-refractivity contribution in [2.75, 3.05) is 20.2 Å². The van der Waals surface area contributed by atoms with Gasteiger partial charge in [0.15, 0.2) is 5.96 Å². The average Bonchev–Trinajstić information content (AvgIpc) is 2.59. The van der Waals surface area contributed by atoms with Gasteiger partial charge in [0.1, 0.15) is 0 Å². The molecule has 2 N–H and O–H groups in total. The first kappa shape index (κ1) is 20.2. The Bertz CT molecular complexity index is 433. The van der Waals surface area contributed by atoms with Gasteiger partial charge >= 0.3 is 0 Å². The SMILES string of the molecule is CN=C(NCCCOC1CCCCC1)NCc1ccccc1.I. The van der Waals surface area contributed by atoms with Crippen LogP contribution in [-0.2, 0) is 11.3 Å². The average molecular weight is 431 g/mol. The summed E-state index contributed by atoms with van der Waals surface area (Å²) in [6.07, 6.45) is 8.05. The predicted molar refractivity (Wildman–Crippen MR) is 108 cm³/mol. The van der Waals surface area contributed by atoms with Crippen LogP contribution in [0.4, 0.5) is 0 Å². The van der Waals surface area contributed by atoms with Crippen LogP contribution in [0.2, 0.25) is 0 Å². The lowest BCUT2D eigenvalue weighted by Gasteiger charge is -2.22. The number of rotatable bonds is 7. The Kier molecular flexibility index (Phi) is 11.1. The molecule has 1 aromatic rings. The van der Waals surface area contributed by atoms with Crippen LogP contribution in [0.1, 0.15) is 44.1 Å². The maximum absolute atomic E-state index is 5.93. The molecule has 0 aromatic heterocycles. The summed E-state index contributed by atoms with van der Waals surface area (Å²) in [4.78, 5) is 4.24. The molecule has 1 aliphatic carbocycles. The first-order valence-corrected chi connectivity index (χ1v) is 8.48. The van der Waals surface area contributed by atoms with Gasteiger partial charge in [-0.15, -0.1) is 24.0 Å². The van der Waals surface area contributed by atoms with E-state index in [1.54, 1.807) is 7.05 Å². The number of ether oxygens (including phenoxy) is 1. The molecule has 0 spiro atoms. The number of hydrogen-bond acceptors (Lipinski definition) is 2. The molecular weight excluding hydrogens is 401 g/mol. The number of aliphatic imine (C=N–C) groups is 1. The molecule has 130 valence electrons. The second kappa shape index (κ2) is 12.6. The lowest BCUT2D eigenvalue weighted by Crippen LogP contribution is -2.37. The highest BCUT2D eigenvalue weighted by atomic mass is 127. The molecule has 1 aromatic carbocycles. The molecule has 0 saturated heterocycles. The van der Waals surface area contributed by atoms with Crippen molar-refractivity contribution in [3.05, 3.63) is 35.9 Å². The third-order valence-corrected chi connectivity index (χ3v) is 4.05. The molecule has 0 heterocycles. The molecule has 0 aliphatic heterocycles. The Hall–Kier alpha value is -0.820. The van der Waals surface area contributed by atoms with E-state index in [2.05, 4.69) is 39.9 Å². The minimum atomic E-state index is 0. The lowest BCUT2D eigenvalue weighted by molar-refractivity contribution is 0.0277. The Labute approximate surface area is 157 Å². The maximum atomic E-state index is 5.93. The fraction of sp³-hybridized carbons (Fsp3) is 0.611. The minimum absolute atomic E-state index is 0. The van der Waals surface area contributed by atoms with E-state index in [1.165, 1.54) is 37.7 Å². The second-order valence-electron chi connectivity index (χ2n) is 5.82. The number of hydrogen-bond donors (Lipinski definition) is 2. The highest BCUT2D eigenvalue weighted by molar-refractivity contribution is 14.0. The molecule has 4 nitrogen and oxygen atoms in total. The molecule has 1 aliphatic rings. The number of halogens is 1. The Morgan fingerprint density at radius 2 is 1.87 bits per heavy atom. The summed E-state index contributed by atoms with van der Waals surface area (Å²) in [6, 6.07) is 10.4. The maximum Gasteiger partial charge on any atom is 0.191 e. The standard InChI is InChI=1S/C18H29N3O.HI/c1-19-18(21-15-16-9-4-2-5-10-16)20-13-8-14-22-17-11-6-3-7-12-17;/h2,4-5,9-10,17H,3,6-8,11-15H2,1H3,(H2,19,20,21);1H. The van der Waals surface area contributed by atoms with Crippen molar-refractivity contribution in [1.82, 2.24) is 10.6 Å². The van der Waals surface area contributed by atoms with Crippen LogP contribution in [0.3, 0.4) is 0 Å². The molecule has 1 saturated carbocycles. The van der Waals surface area contributed by atoms with Gasteiger partial charge in [0, 0.05) is 26.7 Å². The van der Waals surface area contributed by atoms with Gasteiger partial charge in [-0.2, -0.15) is 0 Å². The van der Waals surface area contributed by atoms with Gasteiger partial charge in [-0.3, -0.25) is 4.99 Å². The summed E-state index contributed by atoms with van der Waals surface area (Å²) in [5.74, 6) is 0.849. The van der Waals surface area contributed by atoms with Crippen LogP contribution in [0.5, 0.6) is 0 Å². The summed E-state index contributed by atoms with van der Waals surface area (Å²) >= 11 is 0. The fourth-order valence-corrected chi connectivity index (χ4v) is 2.76. The molecule has 0 radical (unpaired) electrons. The summed E-state index contributed by atoms with van der Waals surface area (Å²) in [5, 5.41) is 6.66. The van der Waals surface area contributed by atoms with Gasteiger partial charge < -0.3 is 15.4 Å². The quantitative estimate of drug-likeness (QED) is 0.300. The Balaban J connectivity index is 0.00000264. The zero-order valence-electron chi connectivity index (χ0n) is 14.1. The van der Waals surface area contributed by atoms with E-state index in [4.69, 9.17) is 4.74 Å². The van der Waals surface area contributed by atoms with E-state index < -0.39 is 0 Å². The zero-order valence-corrected chi connectivity index (χ0v) is 16.4. The van der Waals surface area contributed by atoms with E-state index in [0.717, 1.165) is 32.1 Å². The molecule has 5 heteroatoms. The molecular formula is C18H30IN3O. The number of benzene rings is 1. The molecule has 0 amide bonds. The van der Waals surface area contributed by atoms with Gasteiger partial charge in [0.2, 0.25) is 0 Å². The van der Waals surface area contributed by atoms with Crippen molar-refractivity contribution in [3.63, 3.8) is 0 Å². The number of guanidine groups is 1. The van der Waals surface area contributed by atoms with E-state index in [-0.39, 0.29) is 24.0 Å². The van der Waals surface area contributed by atoms with Crippen molar-refractivity contribution in [3.8, 4) is 0 Å². The first-order valence-electron chi connectivity index (χ1n) is 8.48. The summed E-state index contributed by atoms with van der Waals surface area (Å²) < 4.78 is 5.93. The number of nitrogens with one attached hydrogen (secondary N) is 2. The second-order valence-corrected chi connectivity index (χ2v) is 5.82. The monoisotopic (exact) mass is 431 g/mol. The normalized spacial score (nSPS) is 15.8. The van der Waals surface area contributed by atoms with Crippen molar-refractivity contribution in [2.24, 2.45) is 4.99 Å². The molecule has 1 fully saturated rings. The minimum Gasteiger partial charge on any atom is -0.378 e. The van der Waals surface area contributed by atoms with Gasteiger partial charge in [0.05, 0.1) is 6.10 Å². The highest BCUT2D eigenvalue weighted by Crippen LogP contribution is 2.20. The van der Waals surface area contributed by atoms with Gasteiger partial charge in [-0.25, -0.2) is 0 Å². The molecule has 0 atom stereocenters. The van der Waals surface area contributed by atoms with Gasteiger partial charge in [-0.1, -0.05) is 49.6 Å². The first-order chi connectivity index (χ1) is 10.9. The van der Waals surface area contributed by atoms with Gasteiger partial charge in [-0.05, 0) is 24.8 Å². The highest BCUT2D eigenvalue weighted by Gasteiger charge is 2.12. The Morgan fingerprint density at radius 3 is 2.57 bits per heavy atom. The molecule has 2 rings (SSSR count).